The van der Waals surface area contributed by atoms with E-state index < -0.39 is 0 Å². The molecule has 30 heavy (non-hydrogen) atoms. The molecule has 1 unspecified atom stereocenters. The van der Waals surface area contributed by atoms with Gasteiger partial charge in [-0.05, 0) is 55.7 Å². The summed E-state index contributed by atoms with van der Waals surface area (Å²) in [6.07, 6.45) is 4.50. The van der Waals surface area contributed by atoms with E-state index >= 15 is 0 Å². The molecule has 0 aliphatic carbocycles. The molecule has 0 spiro atoms. The van der Waals surface area contributed by atoms with Gasteiger partial charge in [-0.2, -0.15) is 0 Å². The highest BCUT2D eigenvalue weighted by molar-refractivity contribution is 7.12. The molecular formula is C24H30N2O3S. The minimum Gasteiger partial charge on any atom is -0.490 e. The number of hydrogen-bond acceptors (Lipinski definition) is 4. The van der Waals surface area contributed by atoms with Crippen molar-refractivity contribution < 1.29 is 14.3 Å². The van der Waals surface area contributed by atoms with E-state index in [-0.39, 0.29) is 24.0 Å². The Morgan fingerprint density at radius 3 is 2.37 bits per heavy atom. The molecule has 2 aliphatic rings. The van der Waals surface area contributed by atoms with Crippen molar-refractivity contribution >= 4 is 23.2 Å². The summed E-state index contributed by atoms with van der Waals surface area (Å²) in [5, 5.41) is 1.91. The van der Waals surface area contributed by atoms with Gasteiger partial charge in [-0.25, -0.2) is 0 Å². The zero-order valence-electron chi connectivity index (χ0n) is 17.8. The molecule has 6 heteroatoms. The molecule has 2 fully saturated rings. The molecule has 1 aromatic carbocycles. The van der Waals surface area contributed by atoms with Gasteiger partial charge in [0.2, 0.25) is 5.91 Å². The third-order valence-corrected chi connectivity index (χ3v) is 7.09. The fraction of sp³-hybridized carbons (Fsp3) is 0.500. The number of benzene rings is 1. The Balaban J connectivity index is 1.38. The summed E-state index contributed by atoms with van der Waals surface area (Å²) >= 11 is 1.44. The average molecular weight is 427 g/mol. The number of rotatable bonds is 4. The Morgan fingerprint density at radius 1 is 0.967 bits per heavy atom. The van der Waals surface area contributed by atoms with E-state index in [0.29, 0.717) is 19.6 Å². The molecular weight excluding hydrogens is 396 g/mol. The minimum atomic E-state index is -0.329. The maximum Gasteiger partial charge on any atom is 0.264 e. The number of amides is 2. The zero-order chi connectivity index (χ0) is 21.1. The van der Waals surface area contributed by atoms with Crippen LogP contribution in [0.4, 0.5) is 0 Å². The second-order valence-electron chi connectivity index (χ2n) is 8.35. The largest absolute Gasteiger partial charge is 0.490 e. The lowest BCUT2D eigenvalue weighted by molar-refractivity contribution is -0.139. The van der Waals surface area contributed by atoms with Crippen molar-refractivity contribution in [1.29, 1.82) is 0 Å². The molecule has 2 saturated heterocycles. The summed E-state index contributed by atoms with van der Waals surface area (Å²) < 4.78 is 6.30. The van der Waals surface area contributed by atoms with Gasteiger partial charge in [-0.15, -0.1) is 11.3 Å². The monoisotopic (exact) mass is 426 g/mol. The van der Waals surface area contributed by atoms with Crippen molar-refractivity contribution in [2.24, 2.45) is 0 Å². The maximum atomic E-state index is 13.3. The molecule has 1 atom stereocenters. The van der Waals surface area contributed by atoms with E-state index in [1.807, 2.05) is 28.5 Å². The van der Waals surface area contributed by atoms with Crippen LogP contribution in [0.2, 0.25) is 0 Å². The lowest BCUT2D eigenvalue weighted by Gasteiger charge is -2.40. The fourth-order valence-electron chi connectivity index (χ4n) is 4.53. The first-order chi connectivity index (χ1) is 14.5. The predicted octanol–water partition coefficient (Wildman–Crippen LogP) is 4.43. The van der Waals surface area contributed by atoms with Crippen LogP contribution in [0.15, 0.2) is 35.7 Å². The highest BCUT2D eigenvalue weighted by atomic mass is 32.1. The summed E-state index contributed by atoms with van der Waals surface area (Å²) in [7, 11) is 0. The van der Waals surface area contributed by atoms with Crippen molar-refractivity contribution in [2.45, 2.75) is 58.1 Å². The molecule has 0 bridgehead atoms. The van der Waals surface area contributed by atoms with Crippen molar-refractivity contribution in [1.82, 2.24) is 9.80 Å². The van der Waals surface area contributed by atoms with Crippen LogP contribution in [0.5, 0.6) is 5.75 Å². The molecule has 1 aromatic heterocycles. The Bertz CT molecular complexity index is 868. The lowest BCUT2D eigenvalue weighted by atomic mass is 9.98. The molecule has 2 aromatic rings. The predicted molar refractivity (Wildman–Crippen MR) is 119 cm³/mol. The van der Waals surface area contributed by atoms with Gasteiger partial charge in [0.1, 0.15) is 17.9 Å². The molecule has 0 N–H and O–H groups in total. The summed E-state index contributed by atoms with van der Waals surface area (Å²) in [6, 6.07) is 9.60. The normalized spacial score (nSPS) is 20.3. The highest BCUT2D eigenvalue weighted by Crippen LogP contribution is 2.28. The number of carbonyl (C=O) groups excluding carboxylic acids is 2. The van der Waals surface area contributed by atoms with Crippen molar-refractivity contribution in [3.8, 4) is 5.75 Å². The minimum absolute atomic E-state index is 0.00343. The first-order valence-corrected chi connectivity index (χ1v) is 11.8. The molecule has 0 saturated carbocycles. The molecule has 2 amide bonds. The van der Waals surface area contributed by atoms with E-state index in [1.165, 1.54) is 11.3 Å². The maximum absolute atomic E-state index is 13.3. The van der Waals surface area contributed by atoms with Crippen LogP contribution < -0.4 is 4.74 Å². The number of thiophene rings is 1. The number of para-hydroxylation sites is 1. The van der Waals surface area contributed by atoms with Crippen LogP contribution in [0.25, 0.3) is 0 Å². The highest BCUT2D eigenvalue weighted by Gasteiger charge is 2.36. The quantitative estimate of drug-likeness (QED) is 0.727. The van der Waals surface area contributed by atoms with Gasteiger partial charge in [0, 0.05) is 32.5 Å². The number of nitrogens with zero attached hydrogens (tertiary/aromatic N) is 2. The first kappa shape index (κ1) is 20.9. The summed E-state index contributed by atoms with van der Waals surface area (Å²) in [5.74, 6) is 1.07. The first-order valence-electron chi connectivity index (χ1n) is 10.9. The summed E-state index contributed by atoms with van der Waals surface area (Å²) in [4.78, 5) is 30.7. The summed E-state index contributed by atoms with van der Waals surface area (Å²) in [5.41, 5.74) is 2.30. The Kier molecular flexibility index (Phi) is 6.42. The third kappa shape index (κ3) is 4.38. The Morgan fingerprint density at radius 2 is 1.70 bits per heavy atom. The molecule has 5 nitrogen and oxygen atoms in total. The number of piperidine rings is 2. The average Bonchev–Trinajstić information content (AvgIpc) is 3.31. The number of likely N-dealkylation sites (tertiary alicyclic amines) is 2. The van der Waals surface area contributed by atoms with E-state index in [0.717, 1.165) is 53.9 Å². The molecule has 2 aliphatic heterocycles. The van der Waals surface area contributed by atoms with Gasteiger partial charge >= 0.3 is 0 Å². The van der Waals surface area contributed by atoms with Crippen LogP contribution in [0.1, 0.15) is 52.9 Å². The van der Waals surface area contributed by atoms with Crippen LogP contribution in [0.3, 0.4) is 0 Å². The van der Waals surface area contributed by atoms with Crippen molar-refractivity contribution in [3.05, 3.63) is 51.7 Å². The standard InChI is InChI=1S/C24H30N2O3S/c1-17-7-5-8-18(2)22(17)29-19-11-14-25(15-12-19)23(27)20-9-3-4-13-26(20)24(28)21-10-6-16-30-21/h5-8,10,16,19-20H,3-4,9,11-15H2,1-2H3. The van der Waals surface area contributed by atoms with Gasteiger partial charge in [0.15, 0.2) is 0 Å². The topological polar surface area (TPSA) is 49.9 Å². The van der Waals surface area contributed by atoms with Crippen LogP contribution >= 0.6 is 11.3 Å². The second-order valence-corrected chi connectivity index (χ2v) is 9.30. The Hall–Kier alpha value is -2.34. The summed E-state index contributed by atoms with van der Waals surface area (Å²) in [6.45, 7) is 6.18. The van der Waals surface area contributed by atoms with Crippen molar-refractivity contribution in [2.75, 3.05) is 19.6 Å². The van der Waals surface area contributed by atoms with E-state index in [2.05, 4.69) is 26.0 Å². The molecule has 0 radical (unpaired) electrons. The van der Waals surface area contributed by atoms with Gasteiger partial charge in [0.05, 0.1) is 4.88 Å². The van der Waals surface area contributed by atoms with Crippen molar-refractivity contribution in [3.63, 3.8) is 0 Å². The second kappa shape index (κ2) is 9.21. The van der Waals surface area contributed by atoms with E-state index in [9.17, 15) is 9.59 Å². The van der Waals surface area contributed by atoms with Gasteiger partial charge in [-0.3, -0.25) is 9.59 Å². The van der Waals surface area contributed by atoms with Crippen LogP contribution in [-0.4, -0.2) is 53.4 Å². The SMILES string of the molecule is Cc1cccc(C)c1OC1CCN(C(=O)C2CCCCN2C(=O)c2cccs2)CC1. The third-order valence-electron chi connectivity index (χ3n) is 6.23. The van der Waals surface area contributed by atoms with Gasteiger partial charge in [0.25, 0.3) is 5.91 Å². The lowest BCUT2D eigenvalue weighted by Crippen LogP contribution is -2.54. The smallest absolute Gasteiger partial charge is 0.264 e. The fourth-order valence-corrected chi connectivity index (χ4v) is 5.21. The molecule has 4 rings (SSSR count). The van der Waals surface area contributed by atoms with E-state index in [4.69, 9.17) is 4.74 Å². The molecule has 160 valence electrons. The van der Waals surface area contributed by atoms with Crippen LogP contribution in [0, 0.1) is 13.8 Å². The van der Waals surface area contributed by atoms with Gasteiger partial charge < -0.3 is 14.5 Å². The molecule has 3 heterocycles. The van der Waals surface area contributed by atoms with Gasteiger partial charge in [-0.1, -0.05) is 24.3 Å². The number of ether oxygens (including phenoxy) is 1. The number of aryl methyl sites for hydroxylation is 2. The van der Waals surface area contributed by atoms with Crippen LogP contribution in [-0.2, 0) is 4.79 Å². The number of carbonyl (C=O) groups is 2. The van der Waals surface area contributed by atoms with E-state index in [1.54, 1.807) is 4.90 Å². The Labute approximate surface area is 182 Å². The number of hydrogen-bond donors (Lipinski definition) is 0. The zero-order valence-corrected chi connectivity index (χ0v) is 18.6.